The molecule has 3 nitrogen and oxygen atoms in total. The topological polar surface area (TPSA) is 42.0 Å². The van der Waals surface area contributed by atoms with Gasteiger partial charge in [-0.3, -0.25) is 4.79 Å². The highest BCUT2D eigenvalue weighted by Crippen LogP contribution is 2.36. The van der Waals surface area contributed by atoms with Crippen molar-refractivity contribution in [3.63, 3.8) is 0 Å². The van der Waals surface area contributed by atoms with Crippen LogP contribution in [0.1, 0.15) is 42.6 Å². The van der Waals surface area contributed by atoms with E-state index in [0.717, 1.165) is 17.3 Å². The number of carbonyl (C=O) groups excluding carboxylic acids is 1. The van der Waals surface area contributed by atoms with Crippen LogP contribution in [0.4, 0.5) is 0 Å². The second-order valence-electron chi connectivity index (χ2n) is 5.24. The maximum Gasteiger partial charge on any atom is 0.269 e. The van der Waals surface area contributed by atoms with Gasteiger partial charge in [0.2, 0.25) is 0 Å². The first-order valence-electron chi connectivity index (χ1n) is 6.61. The lowest BCUT2D eigenvalue weighted by Gasteiger charge is -2.35. The predicted molar refractivity (Wildman–Crippen MR) is 80.5 cm³/mol. The quantitative estimate of drug-likeness (QED) is 0.844. The van der Waals surface area contributed by atoms with Crippen LogP contribution in [0.25, 0.3) is 0 Å². The third-order valence-electron chi connectivity index (χ3n) is 3.78. The number of carbonyl (C=O) groups is 1. The third kappa shape index (κ3) is 3.93. The number of hydrogen-bond acceptors (Lipinski definition) is 2. The number of rotatable bonds is 4. The Hall–Kier alpha value is -0.610. The van der Waals surface area contributed by atoms with Crippen molar-refractivity contribution in [1.82, 2.24) is 10.3 Å². The van der Waals surface area contributed by atoms with Gasteiger partial charge in [0.05, 0.1) is 0 Å². The summed E-state index contributed by atoms with van der Waals surface area (Å²) in [4.78, 5) is 16.1. The van der Waals surface area contributed by atoms with E-state index in [1.165, 1.54) is 19.3 Å². The van der Waals surface area contributed by atoms with E-state index in [4.69, 9.17) is 11.6 Å². The van der Waals surface area contributed by atoms with Crippen LogP contribution < -0.4 is 5.32 Å². The van der Waals surface area contributed by atoms with E-state index in [9.17, 15) is 4.79 Å². The first-order valence-corrected chi connectivity index (χ1v) is 7.94. The van der Waals surface area contributed by atoms with Crippen LogP contribution in [0.5, 0.6) is 0 Å². The molecule has 0 radical (unpaired) electrons. The SMILES string of the molecule is O=C(NCC1(CCl)CCCCC1)c1ccc(Br)cn1. The van der Waals surface area contributed by atoms with E-state index in [0.29, 0.717) is 18.1 Å². The van der Waals surface area contributed by atoms with Gasteiger partial charge in [0.25, 0.3) is 5.91 Å². The van der Waals surface area contributed by atoms with Crippen molar-refractivity contribution in [2.45, 2.75) is 32.1 Å². The van der Waals surface area contributed by atoms with Crippen molar-refractivity contribution in [3.05, 3.63) is 28.5 Å². The molecule has 2 rings (SSSR count). The largest absolute Gasteiger partial charge is 0.350 e. The molecule has 19 heavy (non-hydrogen) atoms. The maximum absolute atomic E-state index is 12.0. The van der Waals surface area contributed by atoms with Gasteiger partial charge in [-0.2, -0.15) is 0 Å². The highest BCUT2D eigenvalue weighted by atomic mass is 79.9. The fraction of sp³-hybridized carbons (Fsp3) is 0.571. The molecular formula is C14H18BrClN2O. The normalized spacial score (nSPS) is 18.0. The molecule has 1 amide bonds. The van der Waals surface area contributed by atoms with Crippen LogP contribution in [0.2, 0.25) is 0 Å². The highest BCUT2D eigenvalue weighted by Gasteiger charge is 2.31. The van der Waals surface area contributed by atoms with Gasteiger partial charge >= 0.3 is 0 Å². The number of halogens is 2. The lowest BCUT2D eigenvalue weighted by Crippen LogP contribution is -2.40. The van der Waals surface area contributed by atoms with Crippen molar-refractivity contribution >= 4 is 33.4 Å². The zero-order valence-corrected chi connectivity index (χ0v) is 13.1. The Morgan fingerprint density at radius 2 is 2.11 bits per heavy atom. The number of amides is 1. The maximum atomic E-state index is 12.0. The van der Waals surface area contributed by atoms with E-state index in [2.05, 4.69) is 26.2 Å². The molecule has 1 heterocycles. The first-order chi connectivity index (χ1) is 9.15. The molecule has 1 N–H and O–H groups in total. The minimum Gasteiger partial charge on any atom is -0.350 e. The zero-order chi connectivity index (χ0) is 13.7. The Morgan fingerprint density at radius 1 is 1.37 bits per heavy atom. The Labute approximate surface area is 127 Å². The fourth-order valence-electron chi connectivity index (χ4n) is 2.53. The minimum absolute atomic E-state index is 0.0742. The molecule has 0 spiro atoms. The monoisotopic (exact) mass is 344 g/mol. The standard InChI is InChI=1S/C14H18BrClN2O/c15-11-4-5-12(17-8-11)13(19)18-10-14(9-16)6-2-1-3-7-14/h4-5,8H,1-3,6-7,9-10H2,(H,18,19). The van der Waals surface area contributed by atoms with Crippen molar-refractivity contribution in [1.29, 1.82) is 0 Å². The number of nitrogens with zero attached hydrogens (tertiary/aromatic N) is 1. The van der Waals surface area contributed by atoms with Gasteiger partial charge in [0, 0.05) is 28.5 Å². The number of nitrogens with one attached hydrogen (secondary N) is 1. The van der Waals surface area contributed by atoms with Crippen LogP contribution in [-0.2, 0) is 0 Å². The van der Waals surface area contributed by atoms with Crippen molar-refractivity contribution in [2.24, 2.45) is 5.41 Å². The number of hydrogen-bond donors (Lipinski definition) is 1. The van der Waals surface area contributed by atoms with Gasteiger partial charge in [-0.25, -0.2) is 4.98 Å². The fourth-order valence-corrected chi connectivity index (χ4v) is 3.12. The van der Waals surface area contributed by atoms with Crippen LogP contribution in [-0.4, -0.2) is 23.3 Å². The summed E-state index contributed by atoms with van der Waals surface area (Å²) in [6.45, 7) is 0.646. The molecule has 1 aromatic heterocycles. The van der Waals surface area contributed by atoms with E-state index in [1.54, 1.807) is 12.3 Å². The summed E-state index contributed by atoms with van der Waals surface area (Å²) in [5.74, 6) is 0.490. The Morgan fingerprint density at radius 3 is 2.68 bits per heavy atom. The average Bonchev–Trinajstić information content (AvgIpc) is 2.46. The summed E-state index contributed by atoms with van der Waals surface area (Å²) < 4.78 is 0.869. The summed E-state index contributed by atoms with van der Waals surface area (Å²) in [6.07, 6.45) is 7.53. The Bertz CT molecular complexity index is 430. The smallest absolute Gasteiger partial charge is 0.269 e. The lowest BCUT2D eigenvalue weighted by molar-refractivity contribution is 0.0916. The van der Waals surface area contributed by atoms with Crippen molar-refractivity contribution in [3.8, 4) is 0 Å². The molecular weight excluding hydrogens is 328 g/mol. The third-order valence-corrected chi connectivity index (χ3v) is 4.82. The molecule has 1 aliphatic rings. The van der Waals surface area contributed by atoms with Gasteiger partial charge in [0.15, 0.2) is 0 Å². The predicted octanol–water partition coefficient (Wildman–Crippen LogP) is 3.76. The Balaban J connectivity index is 1.93. The summed E-state index contributed by atoms with van der Waals surface area (Å²) in [6, 6.07) is 3.54. The van der Waals surface area contributed by atoms with E-state index < -0.39 is 0 Å². The Kier molecular flexibility index (Phi) is 5.22. The molecule has 0 aliphatic heterocycles. The molecule has 0 bridgehead atoms. The average molecular weight is 346 g/mol. The van der Waals surface area contributed by atoms with E-state index >= 15 is 0 Å². The molecule has 1 aliphatic carbocycles. The number of alkyl halides is 1. The van der Waals surface area contributed by atoms with Crippen molar-refractivity contribution in [2.75, 3.05) is 12.4 Å². The molecule has 1 saturated carbocycles. The molecule has 0 unspecified atom stereocenters. The first kappa shape index (κ1) is 14.8. The van der Waals surface area contributed by atoms with Gasteiger partial charge in [-0.05, 0) is 40.9 Å². The summed E-state index contributed by atoms with van der Waals surface area (Å²) in [5.41, 5.74) is 0.522. The summed E-state index contributed by atoms with van der Waals surface area (Å²) in [5, 5.41) is 2.98. The highest BCUT2D eigenvalue weighted by molar-refractivity contribution is 9.10. The molecule has 0 saturated heterocycles. The van der Waals surface area contributed by atoms with E-state index in [1.807, 2.05) is 6.07 Å². The molecule has 5 heteroatoms. The molecule has 0 aromatic carbocycles. The van der Waals surface area contributed by atoms with Crippen LogP contribution in [0.15, 0.2) is 22.8 Å². The lowest BCUT2D eigenvalue weighted by atomic mass is 9.75. The zero-order valence-electron chi connectivity index (χ0n) is 10.8. The number of aromatic nitrogens is 1. The summed E-state index contributed by atoms with van der Waals surface area (Å²) >= 11 is 9.42. The van der Waals surface area contributed by atoms with Gasteiger partial charge in [0.1, 0.15) is 5.69 Å². The van der Waals surface area contributed by atoms with Crippen LogP contribution in [0, 0.1) is 5.41 Å². The van der Waals surface area contributed by atoms with Gasteiger partial charge in [-0.1, -0.05) is 19.3 Å². The van der Waals surface area contributed by atoms with E-state index in [-0.39, 0.29) is 11.3 Å². The second-order valence-corrected chi connectivity index (χ2v) is 6.42. The summed E-state index contributed by atoms with van der Waals surface area (Å²) in [7, 11) is 0. The minimum atomic E-state index is -0.123. The van der Waals surface area contributed by atoms with Gasteiger partial charge < -0.3 is 5.32 Å². The van der Waals surface area contributed by atoms with Gasteiger partial charge in [-0.15, -0.1) is 11.6 Å². The van der Waals surface area contributed by atoms with Crippen molar-refractivity contribution < 1.29 is 4.79 Å². The van der Waals surface area contributed by atoms with Crippen LogP contribution in [0.3, 0.4) is 0 Å². The molecule has 104 valence electrons. The molecule has 1 fully saturated rings. The molecule has 0 atom stereocenters. The number of pyridine rings is 1. The molecule has 1 aromatic rings. The second kappa shape index (κ2) is 6.71. The van der Waals surface area contributed by atoms with Crippen LogP contribution >= 0.6 is 27.5 Å².